The third kappa shape index (κ3) is 3.64. The highest BCUT2D eigenvalue weighted by Crippen LogP contribution is 2.34. The summed E-state index contributed by atoms with van der Waals surface area (Å²) in [6.45, 7) is 5.89. The highest BCUT2D eigenvalue weighted by Gasteiger charge is 2.17. The Morgan fingerprint density at radius 3 is 2.74 bits per heavy atom. The molecule has 34 heavy (non-hydrogen) atoms. The minimum atomic E-state index is 0.642. The van der Waals surface area contributed by atoms with Crippen molar-refractivity contribution in [1.82, 2.24) is 40.4 Å². The fraction of sp³-hybridized carbons (Fsp3) is 0.160. The molecule has 6 aromatic rings. The SMILES string of the molecule is CCNCc1cncc(-c2cnc3n[nH]c(-c4nc5c(-c6ccc(C)s6)cncc5[nH]4)c3c2)c1. The Hall–Kier alpha value is -3.95. The fourth-order valence-electron chi connectivity index (χ4n) is 4.06. The van der Waals surface area contributed by atoms with Crippen LogP contribution in [0.1, 0.15) is 17.4 Å². The molecule has 0 amide bonds. The van der Waals surface area contributed by atoms with Gasteiger partial charge in [0.2, 0.25) is 0 Å². The van der Waals surface area contributed by atoms with Gasteiger partial charge in [0.15, 0.2) is 11.5 Å². The number of thiophene rings is 1. The van der Waals surface area contributed by atoms with Gasteiger partial charge in [0.05, 0.1) is 17.1 Å². The first-order valence-electron chi connectivity index (χ1n) is 11.1. The fourth-order valence-corrected chi connectivity index (χ4v) is 4.94. The molecule has 0 aromatic carbocycles. The number of nitrogens with zero attached hydrogens (tertiary/aromatic N) is 5. The van der Waals surface area contributed by atoms with Crippen LogP contribution in [0.25, 0.3) is 55.2 Å². The van der Waals surface area contributed by atoms with Crippen LogP contribution in [0.3, 0.4) is 0 Å². The lowest BCUT2D eigenvalue weighted by Gasteiger charge is -2.05. The zero-order valence-electron chi connectivity index (χ0n) is 18.8. The summed E-state index contributed by atoms with van der Waals surface area (Å²) in [6, 6.07) is 8.46. The Morgan fingerprint density at radius 2 is 1.88 bits per heavy atom. The summed E-state index contributed by atoms with van der Waals surface area (Å²) in [6.07, 6.45) is 9.26. The molecular weight excluding hydrogens is 444 g/mol. The van der Waals surface area contributed by atoms with Crippen molar-refractivity contribution in [2.45, 2.75) is 20.4 Å². The molecule has 0 atom stereocenters. The molecule has 0 fully saturated rings. The summed E-state index contributed by atoms with van der Waals surface area (Å²) < 4.78 is 0. The van der Waals surface area contributed by atoms with Gasteiger partial charge in [0.25, 0.3) is 0 Å². The lowest BCUT2D eigenvalue weighted by atomic mass is 10.1. The number of rotatable bonds is 6. The van der Waals surface area contributed by atoms with Crippen LogP contribution in [-0.2, 0) is 6.54 Å². The van der Waals surface area contributed by atoms with Crippen molar-refractivity contribution in [2.24, 2.45) is 0 Å². The first-order valence-corrected chi connectivity index (χ1v) is 11.9. The van der Waals surface area contributed by atoms with Crippen molar-refractivity contribution < 1.29 is 0 Å². The van der Waals surface area contributed by atoms with Gasteiger partial charge in [0, 0.05) is 57.8 Å². The van der Waals surface area contributed by atoms with Crippen molar-refractivity contribution in [1.29, 1.82) is 0 Å². The van der Waals surface area contributed by atoms with Gasteiger partial charge in [-0.3, -0.25) is 15.1 Å². The summed E-state index contributed by atoms with van der Waals surface area (Å²) in [4.78, 5) is 24.2. The Morgan fingerprint density at radius 1 is 1.00 bits per heavy atom. The monoisotopic (exact) mass is 466 g/mol. The Bertz CT molecular complexity index is 1630. The van der Waals surface area contributed by atoms with Crippen LogP contribution in [0.5, 0.6) is 0 Å². The van der Waals surface area contributed by atoms with E-state index >= 15 is 0 Å². The smallest absolute Gasteiger partial charge is 0.181 e. The second kappa shape index (κ2) is 8.44. The number of imidazole rings is 1. The minimum Gasteiger partial charge on any atom is -0.335 e. The molecule has 6 aromatic heterocycles. The van der Waals surface area contributed by atoms with Crippen LogP contribution in [0.4, 0.5) is 0 Å². The molecule has 6 rings (SSSR count). The van der Waals surface area contributed by atoms with E-state index < -0.39 is 0 Å². The third-order valence-electron chi connectivity index (χ3n) is 5.75. The van der Waals surface area contributed by atoms with Gasteiger partial charge >= 0.3 is 0 Å². The van der Waals surface area contributed by atoms with Gasteiger partial charge in [0.1, 0.15) is 11.2 Å². The molecule has 0 unspecified atom stereocenters. The maximum atomic E-state index is 4.93. The lowest BCUT2D eigenvalue weighted by Crippen LogP contribution is -2.11. The number of aromatic nitrogens is 7. The number of aromatic amines is 2. The molecule has 9 heteroatoms. The van der Waals surface area contributed by atoms with Crippen LogP contribution in [0.2, 0.25) is 0 Å². The van der Waals surface area contributed by atoms with Crippen molar-refractivity contribution >= 4 is 33.4 Å². The molecule has 8 nitrogen and oxygen atoms in total. The predicted octanol–water partition coefficient (Wildman–Crippen LogP) is 5.10. The molecule has 6 heterocycles. The predicted molar refractivity (Wildman–Crippen MR) is 135 cm³/mol. The van der Waals surface area contributed by atoms with E-state index in [4.69, 9.17) is 4.98 Å². The lowest BCUT2D eigenvalue weighted by molar-refractivity contribution is 0.724. The molecule has 0 saturated heterocycles. The summed E-state index contributed by atoms with van der Waals surface area (Å²) in [7, 11) is 0. The topological polar surface area (TPSA) is 108 Å². The van der Waals surface area contributed by atoms with Gasteiger partial charge < -0.3 is 10.3 Å². The molecule has 0 spiro atoms. The van der Waals surface area contributed by atoms with E-state index in [1.165, 1.54) is 4.88 Å². The first-order chi connectivity index (χ1) is 16.7. The van der Waals surface area contributed by atoms with Crippen LogP contribution in [0.15, 0.2) is 55.2 Å². The van der Waals surface area contributed by atoms with Gasteiger partial charge in [-0.05, 0) is 43.3 Å². The molecule has 0 radical (unpaired) electrons. The summed E-state index contributed by atoms with van der Waals surface area (Å²) in [5.74, 6) is 0.706. The van der Waals surface area contributed by atoms with Crippen LogP contribution >= 0.6 is 11.3 Å². The summed E-state index contributed by atoms with van der Waals surface area (Å²) >= 11 is 1.74. The van der Waals surface area contributed by atoms with Crippen molar-refractivity contribution in [3.63, 3.8) is 0 Å². The number of aryl methyl sites for hydroxylation is 1. The Labute approximate surface area is 199 Å². The number of H-pyrrole nitrogens is 2. The second-order valence-electron chi connectivity index (χ2n) is 8.13. The Balaban J connectivity index is 1.44. The zero-order valence-corrected chi connectivity index (χ0v) is 19.6. The first kappa shape index (κ1) is 20.6. The number of nitrogens with one attached hydrogen (secondary N) is 3. The van der Waals surface area contributed by atoms with Crippen LogP contribution in [-0.4, -0.2) is 41.7 Å². The average molecular weight is 467 g/mol. The number of hydrogen-bond acceptors (Lipinski definition) is 7. The average Bonchev–Trinajstić information content (AvgIpc) is 3.59. The summed E-state index contributed by atoms with van der Waals surface area (Å²) in [5.41, 5.74) is 7.35. The second-order valence-corrected chi connectivity index (χ2v) is 9.42. The third-order valence-corrected chi connectivity index (χ3v) is 6.79. The standard InChI is InChI=1S/C25H22N8S/c1-3-26-8-15-6-16(10-27-9-15)17-7-18-23(32-33-24(18)29-11-17)25-30-20-13-28-12-19(22(20)31-25)21-5-4-14(2)34-21/h4-7,9-13,26H,3,8H2,1-2H3,(H,30,31)(H,29,32,33). The number of pyridine rings is 3. The Kier molecular flexibility index (Phi) is 5.12. The highest BCUT2D eigenvalue weighted by molar-refractivity contribution is 7.15. The van der Waals surface area contributed by atoms with Gasteiger partial charge in [-0.15, -0.1) is 11.3 Å². The van der Waals surface area contributed by atoms with E-state index in [-0.39, 0.29) is 0 Å². The maximum absolute atomic E-state index is 4.93. The van der Waals surface area contributed by atoms with Crippen molar-refractivity contribution in [2.75, 3.05) is 6.54 Å². The molecule has 0 aliphatic carbocycles. The number of fused-ring (bicyclic) bond motifs is 2. The molecule has 0 saturated carbocycles. The molecule has 168 valence electrons. The van der Waals surface area contributed by atoms with Gasteiger partial charge in [-0.2, -0.15) is 5.10 Å². The van der Waals surface area contributed by atoms with Gasteiger partial charge in [-0.1, -0.05) is 6.92 Å². The zero-order chi connectivity index (χ0) is 23.1. The van der Waals surface area contributed by atoms with Crippen molar-refractivity contribution in [3.05, 3.63) is 65.7 Å². The van der Waals surface area contributed by atoms with E-state index in [1.807, 2.05) is 24.8 Å². The molecular formula is C25H22N8S. The maximum Gasteiger partial charge on any atom is 0.181 e. The van der Waals surface area contributed by atoms with E-state index in [0.717, 1.165) is 62.3 Å². The minimum absolute atomic E-state index is 0.642. The van der Waals surface area contributed by atoms with Crippen LogP contribution < -0.4 is 5.32 Å². The normalized spacial score (nSPS) is 11.6. The van der Waals surface area contributed by atoms with E-state index in [0.29, 0.717) is 11.5 Å². The van der Waals surface area contributed by atoms with E-state index in [2.05, 4.69) is 73.6 Å². The van der Waals surface area contributed by atoms with E-state index in [1.54, 1.807) is 17.5 Å². The molecule has 0 bridgehead atoms. The largest absolute Gasteiger partial charge is 0.335 e. The summed E-state index contributed by atoms with van der Waals surface area (Å²) in [5, 5.41) is 11.8. The van der Waals surface area contributed by atoms with Crippen molar-refractivity contribution in [3.8, 4) is 33.1 Å². The quantitative estimate of drug-likeness (QED) is 0.315. The van der Waals surface area contributed by atoms with Gasteiger partial charge in [-0.25, -0.2) is 9.97 Å². The molecule has 0 aliphatic heterocycles. The molecule has 0 aliphatic rings. The number of hydrogen-bond donors (Lipinski definition) is 3. The van der Waals surface area contributed by atoms with Crippen LogP contribution in [0, 0.1) is 6.92 Å². The van der Waals surface area contributed by atoms with E-state index in [9.17, 15) is 0 Å². The highest BCUT2D eigenvalue weighted by atomic mass is 32.1. The molecule has 3 N–H and O–H groups in total.